The van der Waals surface area contributed by atoms with Gasteiger partial charge in [0, 0.05) is 25.3 Å². The number of anilines is 1. The van der Waals surface area contributed by atoms with Gasteiger partial charge in [-0.3, -0.25) is 4.90 Å². The Labute approximate surface area is 110 Å². The van der Waals surface area contributed by atoms with Crippen LogP contribution in [0, 0.1) is 5.41 Å². The highest BCUT2D eigenvalue weighted by Gasteiger charge is 2.21. The van der Waals surface area contributed by atoms with Crippen molar-refractivity contribution in [3.05, 3.63) is 41.5 Å². The van der Waals surface area contributed by atoms with E-state index in [0.29, 0.717) is 5.41 Å². The molecule has 0 fully saturated rings. The molecule has 1 aromatic rings. The van der Waals surface area contributed by atoms with Crippen molar-refractivity contribution in [1.82, 2.24) is 4.90 Å². The van der Waals surface area contributed by atoms with Gasteiger partial charge in [0.05, 0.1) is 0 Å². The molecule has 0 aromatic heterocycles. The molecule has 0 atom stereocenters. The van der Waals surface area contributed by atoms with Crippen LogP contribution in [-0.2, 0) is 6.54 Å². The molecule has 1 aliphatic rings. The Kier molecular flexibility index (Phi) is 3.76. The van der Waals surface area contributed by atoms with Gasteiger partial charge in [-0.15, -0.1) is 0 Å². The Morgan fingerprint density at radius 3 is 2.61 bits per heavy atom. The lowest BCUT2D eigenvalue weighted by Gasteiger charge is -2.32. The van der Waals surface area contributed by atoms with E-state index >= 15 is 0 Å². The highest BCUT2D eigenvalue weighted by atomic mass is 15.1. The molecule has 1 aromatic carbocycles. The lowest BCUT2D eigenvalue weighted by Crippen LogP contribution is -2.30. The maximum absolute atomic E-state index is 5.81. The summed E-state index contributed by atoms with van der Waals surface area (Å²) in [5.41, 5.74) is 9.89. The van der Waals surface area contributed by atoms with Crippen LogP contribution in [0.5, 0.6) is 0 Å². The molecule has 18 heavy (non-hydrogen) atoms. The number of nitrogens with two attached hydrogens (primary N) is 1. The second-order valence-corrected chi connectivity index (χ2v) is 6.21. The first-order chi connectivity index (χ1) is 8.45. The average Bonchev–Trinajstić information content (AvgIpc) is 2.28. The van der Waals surface area contributed by atoms with E-state index in [1.807, 2.05) is 12.1 Å². The topological polar surface area (TPSA) is 29.3 Å². The lowest BCUT2D eigenvalue weighted by molar-refractivity contribution is 0.271. The summed E-state index contributed by atoms with van der Waals surface area (Å²) in [5.74, 6) is 0. The molecule has 98 valence electrons. The van der Waals surface area contributed by atoms with Gasteiger partial charge in [0.25, 0.3) is 0 Å². The molecule has 1 aliphatic heterocycles. The molecule has 0 unspecified atom stereocenters. The zero-order chi connectivity index (χ0) is 13.2. The molecule has 0 saturated carbocycles. The maximum Gasteiger partial charge on any atom is 0.0317 e. The summed E-state index contributed by atoms with van der Waals surface area (Å²) < 4.78 is 0. The molecule has 0 bridgehead atoms. The first-order valence-corrected chi connectivity index (χ1v) is 6.71. The Hall–Kier alpha value is -1.28. The molecule has 0 radical (unpaired) electrons. The number of nitrogens with zero attached hydrogens (tertiary/aromatic N) is 1. The molecule has 2 nitrogen and oxygen atoms in total. The van der Waals surface area contributed by atoms with E-state index in [0.717, 1.165) is 25.3 Å². The van der Waals surface area contributed by atoms with E-state index in [-0.39, 0.29) is 0 Å². The van der Waals surface area contributed by atoms with Crippen LogP contribution >= 0.6 is 0 Å². The normalized spacial score (nSPS) is 17.6. The van der Waals surface area contributed by atoms with E-state index in [4.69, 9.17) is 5.73 Å². The Bertz CT molecular complexity index is 441. The van der Waals surface area contributed by atoms with Crippen LogP contribution < -0.4 is 5.73 Å². The average molecular weight is 244 g/mol. The SMILES string of the molecule is CC(C)(C)C1=CCN(Cc2cccc(N)c2)CC1. The quantitative estimate of drug-likeness (QED) is 0.638. The van der Waals surface area contributed by atoms with Crippen molar-refractivity contribution < 1.29 is 0 Å². The number of nitrogen functional groups attached to an aromatic ring is 1. The van der Waals surface area contributed by atoms with Crippen LogP contribution in [0.3, 0.4) is 0 Å². The number of hydrogen-bond donors (Lipinski definition) is 1. The monoisotopic (exact) mass is 244 g/mol. The van der Waals surface area contributed by atoms with Gasteiger partial charge in [-0.2, -0.15) is 0 Å². The van der Waals surface area contributed by atoms with Crippen molar-refractivity contribution >= 4 is 5.69 Å². The summed E-state index contributed by atoms with van der Waals surface area (Å²) in [4.78, 5) is 2.48. The molecule has 0 spiro atoms. The molecule has 1 heterocycles. The predicted octanol–water partition coefficient (Wildman–Crippen LogP) is 3.45. The molecule has 2 heteroatoms. The molecule has 2 rings (SSSR count). The van der Waals surface area contributed by atoms with Crippen molar-refractivity contribution in [2.45, 2.75) is 33.7 Å². The highest BCUT2D eigenvalue weighted by molar-refractivity contribution is 5.40. The smallest absolute Gasteiger partial charge is 0.0317 e. The summed E-state index contributed by atoms with van der Waals surface area (Å²) in [5, 5.41) is 0. The summed E-state index contributed by atoms with van der Waals surface area (Å²) in [6.07, 6.45) is 3.58. The first-order valence-electron chi connectivity index (χ1n) is 6.71. The fourth-order valence-electron chi connectivity index (χ4n) is 2.49. The van der Waals surface area contributed by atoms with Gasteiger partial charge in [0.15, 0.2) is 0 Å². The van der Waals surface area contributed by atoms with E-state index in [9.17, 15) is 0 Å². The Balaban J connectivity index is 1.97. The number of rotatable bonds is 2. The Morgan fingerprint density at radius 2 is 2.06 bits per heavy atom. The van der Waals surface area contributed by atoms with Crippen molar-refractivity contribution in [3.63, 3.8) is 0 Å². The summed E-state index contributed by atoms with van der Waals surface area (Å²) in [6, 6.07) is 8.20. The molecule has 0 aliphatic carbocycles. The molecule has 2 N–H and O–H groups in total. The van der Waals surface area contributed by atoms with Crippen molar-refractivity contribution in [2.75, 3.05) is 18.8 Å². The second kappa shape index (κ2) is 5.15. The van der Waals surface area contributed by atoms with Gasteiger partial charge in [-0.25, -0.2) is 0 Å². The van der Waals surface area contributed by atoms with Gasteiger partial charge in [0.1, 0.15) is 0 Å². The predicted molar refractivity (Wildman–Crippen MR) is 78.3 cm³/mol. The van der Waals surface area contributed by atoms with Crippen LogP contribution in [0.4, 0.5) is 5.69 Å². The van der Waals surface area contributed by atoms with Crippen LogP contribution in [0.15, 0.2) is 35.9 Å². The van der Waals surface area contributed by atoms with Crippen LogP contribution in [0.1, 0.15) is 32.8 Å². The first kappa shape index (κ1) is 13.2. The van der Waals surface area contributed by atoms with Crippen molar-refractivity contribution in [2.24, 2.45) is 5.41 Å². The maximum atomic E-state index is 5.81. The minimum atomic E-state index is 0.323. The molecular formula is C16H24N2. The minimum Gasteiger partial charge on any atom is -0.399 e. The van der Waals surface area contributed by atoms with E-state index < -0.39 is 0 Å². The zero-order valence-corrected chi connectivity index (χ0v) is 11.7. The molecular weight excluding hydrogens is 220 g/mol. The van der Waals surface area contributed by atoms with Gasteiger partial charge in [0.2, 0.25) is 0 Å². The fourth-order valence-corrected chi connectivity index (χ4v) is 2.49. The minimum absolute atomic E-state index is 0.323. The Morgan fingerprint density at radius 1 is 1.28 bits per heavy atom. The van der Waals surface area contributed by atoms with Crippen LogP contribution in [0.25, 0.3) is 0 Å². The van der Waals surface area contributed by atoms with Gasteiger partial charge in [-0.05, 0) is 29.5 Å². The van der Waals surface area contributed by atoms with E-state index in [1.54, 1.807) is 5.57 Å². The van der Waals surface area contributed by atoms with E-state index in [2.05, 4.69) is 43.9 Å². The number of benzene rings is 1. The van der Waals surface area contributed by atoms with Crippen LogP contribution in [0.2, 0.25) is 0 Å². The zero-order valence-electron chi connectivity index (χ0n) is 11.7. The number of hydrogen-bond acceptors (Lipinski definition) is 2. The molecule has 0 saturated heterocycles. The standard InChI is InChI=1S/C16H24N2/c1-16(2,3)14-7-9-18(10-8-14)12-13-5-4-6-15(17)11-13/h4-7,11H,8-10,12,17H2,1-3H3. The fraction of sp³-hybridized carbons (Fsp3) is 0.500. The second-order valence-electron chi connectivity index (χ2n) is 6.21. The highest BCUT2D eigenvalue weighted by Crippen LogP contribution is 2.30. The van der Waals surface area contributed by atoms with Crippen LogP contribution in [-0.4, -0.2) is 18.0 Å². The summed E-state index contributed by atoms with van der Waals surface area (Å²) in [6.45, 7) is 10.1. The molecule has 0 amide bonds. The van der Waals surface area contributed by atoms with Gasteiger partial charge >= 0.3 is 0 Å². The largest absolute Gasteiger partial charge is 0.399 e. The lowest BCUT2D eigenvalue weighted by atomic mass is 9.83. The van der Waals surface area contributed by atoms with Gasteiger partial charge < -0.3 is 5.73 Å². The van der Waals surface area contributed by atoms with Crippen molar-refractivity contribution in [1.29, 1.82) is 0 Å². The van der Waals surface area contributed by atoms with E-state index in [1.165, 1.54) is 12.0 Å². The summed E-state index contributed by atoms with van der Waals surface area (Å²) >= 11 is 0. The third kappa shape index (κ3) is 3.36. The van der Waals surface area contributed by atoms with Crippen molar-refractivity contribution in [3.8, 4) is 0 Å². The third-order valence-electron chi connectivity index (χ3n) is 3.61. The van der Waals surface area contributed by atoms with Gasteiger partial charge in [-0.1, -0.05) is 44.6 Å². The summed E-state index contributed by atoms with van der Waals surface area (Å²) in [7, 11) is 0. The third-order valence-corrected chi connectivity index (χ3v) is 3.61.